The third kappa shape index (κ3) is 1.70. The van der Waals surface area contributed by atoms with Crippen molar-refractivity contribution in [3.05, 3.63) is 33.7 Å². The molecule has 0 atom stereocenters. The van der Waals surface area contributed by atoms with Gasteiger partial charge in [-0.05, 0) is 28.6 Å². The van der Waals surface area contributed by atoms with Gasteiger partial charge in [0.15, 0.2) is 0 Å². The first-order valence-corrected chi connectivity index (χ1v) is 6.49. The largest absolute Gasteiger partial charge is 0.392 e. The Morgan fingerprint density at radius 3 is 2.79 bits per heavy atom. The van der Waals surface area contributed by atoms with Crippen molar-refractivity contribution in [1.29, 1.82) is 0 Å². The molecule has 0 aliphatic heterocycles. The number of halogens is 2. The van der Waals surface area contributed by atoms with Gasteiger partial charge in [0, 0.05) is 20.4 Å². The highest BCUT2D eigenvalue weighted by atomic mass is 79.9. The van der Waals surface area contributed by atoms with Gasteiger partial charge in [0.2, 0.25) is 0 Å². The second-order valence-corrected chi connectivity index (χ2v) is 4.90. The van der Waals surface area contributed by atoms with E-state index in [9.17, 15) is 5.11 Å². The van der Waals surface area contributed by atoms with Gasteiger partial charge in [-0.1, -0.05) is 27.5 Å². The fraction of sp³-hybridized carbons (Fsp3) is 0.200. The van der Waals surface area contributed by atoms with E-state index >= 15 is 0 Å². The van der Waals surface area contributed by atoms with E-state index in [1.165, 1.54) is 5.56 Å². The van der Waals surface area contributed by atoms with Crippen molar-refractivity contribution in [3.8, 4) is 0 Å². The average Bonchev–Trinajstić information content (AvgIpc) is 2.59. The van der Waals surface area contributed by atoms with Gasteiger partial charge in [-0.15, -0.1) is 11.3 Å². The van der Waals surface area contributed by atoms with Crippen LogP contribution in [-0.4, -0.2) is 5.11 Å². The van der Waals surface area contributed by atoms with Crippen LogP contribution in [0.5, 0.6) is 0 Å². The van der Waals surface area contributed by atoms with Gasteiger partial charge in [0.25, 0.3) is 0 Å². The number of rotatable bonds is 2. The number of aliphatic hydroxyl groups excluding tert-OH is 1. The van der Waals surface area contributed by atoms with Gasteiger partial charge in [-0.2, -0.15) is 0 Å². The van der Waals surface area contributed by atoms with Crippen molar-refractivity contribution in [2.75, 3.05) is 0 Å². The average molecular weight is 292 g/mol. The lowest BCUT2D eigenvalue weighted by atomic mass is 10.1. The minimum Gasteiger partial charge on any atom is -0.392 e. The molecule has 0 saturated carbocycles. The Morgan fingerprint density at radius 1 is 1.36 bits per heavy atom. The summed E-state index contributed by atoms with van der Waals surface area (Å²) in [4.78, 5) is 0. The second-order valence-electron chi connectivity index (χ2n) is 2.99. The summed E-state index contributed by atoms with van der Waals surface area (Å²) < 4.78 is 1.14. The SMILES string of the molecule is OCc1cc(Cl)cc2scc(CBr)c12. The number of alkyl halides is 1. The molecule has 2 rings (SSSR count). The molecular weight excluding hydrogens is 284 g/mol. The summed E-state index contributed by atoms with van der Waals surface area (Å²) >= 11 is 11.0. The quantitative estimate of drug-likeness (QED) is 0.831. The molecule has 0 saturated heterocycles. The van der Waals surface area contributed by atoms with Crippen molar-refractivity contribution < 1.29 is 5.11 Å². The van der Waals surface area contributed by atoms with E-state index < -0.39 is 0 Å². The van der Waals surface area contributed by atoms with E-state index in [4.69, 9.17) is 11.6 Å². The molecule has 1 N–H and O–H groups in total. The van der Waals surface area contributed by atoms with Crippen molar-refractivity contribution in [3.63, 3.8) is 0 Å². The van der Waals surface area contributed by atoms with Crippen LogP contribution in [0, 0.1) is 0 Å². The van der Waals surface area contributed by atoms with Crippen LogP contribution in [0.15, 0.2) is 17.5 Å². The predicted octanol–water partition coefficient (Wildman–Crippen LogP) is 3.94. The molecule has 0 aliphatic carbocycles. The van der Waals surface area contributed by atoms with Crippen LogP contribution in [0.25, 0.3) is 10.1 Å². The summed E-state index contributed by atoms with van der Waals surface area (Å²) in [5.41, 5.74) is 2.12. The Labute approximate surface area is 99.4 Å². The van der Waals surface area contributed by atoms with Crippen molar-refractivity contribution in [2.24, 2.45) is 0 Å². The zero-order valence-corrected chi connectivity index (χ0v) is 10.4. The van der Waals surface area contributed by atoms with E-state index in [0.29, 0.717) is 5.02 Å². The molecule has 0 aliphatic rings. The van der Waals surface area contributed by atoms with Crippen LogP contribution in [0.2, 0.25) is 5.02 Å². The molecule has 1 aromatic heterocycles. The van der Waals surface area contributed by atoms with Crippen LogP contribution in [0.3, 0.4) is 0 Å². The van der Waals surface area contributed by atoms with Gasteiger partial charge < -0.3 is 5.11 Å². The molecular formula is C10H8BrClOS. The molecule has 74 valence electrons. The Balaban J connectivity index is 2.78. The minimum absolute atomic E-state index is 0.0355. The maximum Gasteiger partial charge on any atom is 0.0688 e. The molecule has 0 bridgehead atoms. The van der Waals surface area contributed by atoms with E-state index in [1.54, 1.807) is 11.3 Å². The van der Waals surface area contributed by atoms with Crippen LogP contribution in [-0.2, 0) is 11.9 Å². The highest BCUT2D eigenvalue weighted by Crippen LogP contribution is 2.33. The Bertz CT molecular complexity index is 466. The van der Waals surface area contributed by atoms with Crippen LogP contribution < -0.4 is 0 Å². The highest BCUT2D eigenvalue weighted by molar-refractivity contribution is 9.08. The van der Waals surface area contributed by atoms with Crippen molar-refractivity contribution in [2.45, 2.75) is 11.9 Å². The number of aliphatic hydroxyl groups is 1. The lowest BCUT2D eigenvalue weighted by Gasteiger charge is -2.02. The maximum atomic E-state index is 9.23. The first-order valence-electron chi connectivity index (χ1n) is 4.11. The highest BCUT2D eigenvalue weighted by Gasteiger charge is 2.08. The first-order chi connectivity index (χ1) is 6.76. The van der Waals surface area contributed by atoms with E-state index in [-0.39, 0.29) is 6.61 Å². The van der Waals surface area contributed by atoms with E-state index in [0.717, 1.165) is 21.0 Å². The zero-order chi connectivity index (χ0) is 10.1. The predicted molar refractivity (Wildman–Crippen MR) is 65.4 cm³/mol. The molecule has 0 spiro atoms. The number of hydrogen-bond acceptors (Lipinski definition) is 2. The van der Waals surface area contributed by atoms with Gasteiger partial charge in [-0.25, -0.2) is 0 Å². The Morgan fingerprint density at radius 2 is 2.14 bits per heavy atom. The number of hydrogen-bond donors (Lipinski definition) is 1. The molecule has 1 aromatic carbocycles. The number of thiophene rings is 1. The summed E-state index contributed by atoms with van der Waals surface area (Å²) in [6, 6.07) is 3.76. The van der Waals surface area contributed by atoms with Gasteiger partial charge in [-0.3, -0.25) is 0 Å². The monoisotopic (exact) mass is 290 g/mol. The Hall–Kier alpha value is -0.0900. The summed E-state index contributed by atoms with van der Waals surface area (Å²) in [6.07, 6.45) is 0. The molecule has 0 unspecified atom stereocenters. The normalized spacial score (nSPS) is 11.1. The summed E-state index contributed by atoms with van der Waals surface area (Å²) in [5, 5.41) is 14.0. The van der Waals surface area contributed by atoms with Gasteiger partial charge >= 0.3 is 0 Å². The van der Waals surface area contributed by atoms with Gasteiger partial charge in [0.05, 0.1) is 6.61 Å². The molecule has 2 aromatic rings. The molecule has 0 amide bonds. The fourth-order valence-electron chi connectivity index (χ4n) is 1.51. The maximum absolute atomic E-state index is 9.23. The number of benzene rings is 1. The van der Waals surface area contributed by atoms with E-state index in [1.807, 2.05) is 12.1 Å². The molecule has 1 heterocycles. The zero-order valence-electron chi connectivity index (χ0n) is 7.26. The molecule has 1 nitrogen and oxygen atoms in total. The molecule has 0 radical (unpaired) electrons. The van der Waals surface area contributed by atoms with Crippen LogP contribution in [0.1, 0.15) is 11.1 Å². The number of fused-ring (bicyclic) bond motifs is 1. The molecule has 4 heteroatoms. The smallest absolute Gasteiger partial charge is 0.0688 e. The standard InChI is InChI=1S/C10H8BrClOS/c11-3-7-5-14-9-2-8(12)1-6(4-13)10(7)9/h1-2,5,13H,3-4H2. The first kappa shape index (κ1) is 10.4. The summed E-state index contributed by atoms with van der Waals surface area (Å²) in [7, 11) is 0. The second kappa shape index (κ2) is 4.19. The fourth-order valence-corrected chi connectivity index (χ4v) is 3.52. The summed E-state index contributed by atoms with van der Waals surface area (Å²) in [6.45, 7) is 0.0355. The van der Waals surface area contributed by atoms with Crippen LogP contribution >= 0.6 is 38.9 Å². The Kier molecular flexibility index (Phi) is 3.12. The topological polar surface area (TPSA) is 20.2 Å². The third-order valence-corrected chi connectivity index (χ3v) is 3.91. The van der Waals surface area contributed by atoms with Crippen LogP contribution in [0.4, 0.5) is 0 Å². The summed E-state index contributed by atoms with van der Waals surface area (Å²) in [5.74, 6) is 0. The van der Waals surface area contributed by atoms with Crippen molar-refractivity contribution in [1.82, 2.24) is 0 Å². The lowest BCUT2D eigenvalue weighted by Crippen LogP contribution is -1.86. The third-order valence-electron chi connectivity index (χ3n) is 2.11. The van der Waals surface area contributed by atoms with Crippen molar-refractivity contribution >= 4 is 49.0 Å². The molecule has 0 fully saturated rings. The lowest BCUT2D eigenvalue weighted by molar-refractivity contribution is 0.283. The molecule has 14 heavy (non-hydrogen) atoms. The van der Waals surface area contributed by atoms with E-state index in [2.05, 4.69) is 21.3 Å². The van der Waals surface area contributed by atoms with Gasteiger partial charge in [0.1, 0.15) is 0 Å². The minimum atomic E-state index is 0.0355.